The Morgan fingerprint density at radius 3 is 1.56 bits per heavy atom. The van der Waals surface area contributed by atoms with Crippen molar-refractivity contribution in [3.63, 3.8) is 0 Å². The molecule has 0 heterocycles. The summed E-state index contributed by atoms with van der Waals surface area (Å²) in [5, 5.41) is 0. The average molecular weight is 443 g/mol. The van der Waals surface area contributed by atoms with Gasteiger partial charge in [0.1, 0.15) is 0 Å². The predicted molar refractivity (Wildman–Crippen MR) is 109 cm³/mol. The SMILES string of the molecule is CC1=Cc2ccccc2[CH]1[Zr]([Cl])([CH]1C(C)=Cc2ccccc21)=[Si](C)C. The molecule has 25 heavy (non-hydrogen) atoms. The first kappa shape index (κ1) is 17.7. The van der Waals surface area contributed by atoms with Crippen molar-refractivity contribution in [2.75, 3.05) is 0 Å². The van der Waals surface area contributed by atoms with E-state index >= 15 is 0 Å². The zero-order valence-electron chi connectivity index (χ0n) is 15.3. The van der Waals surface area contributed by atoms with Crippen molar-refractivity contribution in [2.24, 2.45) is 0 Å². The Bertz CT molecular complexity index is 908. The Kier molecular flexibility index (Phi) is 4.59. The quantitative estimate of drug-likeness (QED) is 0.445. The molecule has 2 unspecified atom stereocenters. The van der Waals surface area contributed by atoms with Crippen LogP contribution >= 0.6 is 8.51 Å². The van der Waals surface area contributed by atoms with Gasteiger partial charge in [-0.2, -0.15) is 0 Å². The summed E-state index contributed by atoms with van der Waals surface area (Å²) in [4.78, 5) is 0. The van der Waals surface area contributed by atoms with E-state index in [0.29, 0.717) is 7.25 Å². The van der Waals surface area contributed by atoms with Gasteiger partial charge in [0, 0.05) is 0 Å². The third kappa shape index (κ3) is 2.64. The van der Waals surface area contributed by atoms with Gasteiger partial charge in [-0.3, -0.25) is 0 Å². The van der Waals surface area contributed by atoms with Crippen LogP contribution in [0, 0.1) is 0 Å². The molecule has 2 aliphatic rings. The monoisotopic (exact) mass is 441 g/mol. The Hall–Kier alpha value is -0.690. The molecule has 0 saturated heterocycles. The van der Waals surface area contributed by atoms with Gasteiger partial charge >= 0.3 is 160 Å². The van der Waals surface area contributed by atoms with Gasteiger partial charge in [0.2, 0.25) is 0 Å². The third-order valence-electron chi connectivity index (χ3n) is 5.90. The normalized spacial score (nSPS) is 23.4. The van der Waals surface area contributed by atoms with Crippen molar-refractivity contribution in [1.82, 2.24) is 0 Å². The van der Waals surface area contributed by atoms with E-state index in [1.165, 1.54) is 33.4 Å². The minimum absolute atomic E-state index is 0.496. The number of allylic oxidation sites excluding steroid dienone is 2. The second kappa shape index (κ2) is 6.48. The molecule has 0 aromatic heterocycles. The van der Waals surface area contributed by atoms with Crippen molar-refractivity contribution < 1.29 is 17.7 Å². The molecule has 0 radical (unpaired) electrons. The van der Waals surface area contributed by atoms with Gasteiger partial charge in [-0.1, -0.05) is 0 Å². The first-order chi connectivity index (χ1) is 11.9. The molecule has 0 fully saturated rings. The number of fused-ring (bicyclic) bond motifs is 2. The molecule has 3 heteroatoms. The first-order valence-electron chi connectivity index (χ1n) is 8.98. The van der Waals surface area contributed by atoms with Crippen LogP contribution in [0.1, 0.15) is 43.4 Å². The van der Waals surface area contributed by atoms with E-state index in [1.54, 1.807) is 0 Å². The van der Waals surface area contributed by atoms with E-state index in [2.05, 4.69) is 87.6 Å². The Labute approximate surface area is 159 Å². The zero-order chi connectivity index (χ0) is 17.8. The molecular formula is C22H24ClSiZr. The molecule has 2 aliphatic carbocycles. The van der Waals surface area contributed by atoms with Gasteiger partial charge in [0.15, 0.2) is 0 Å². The molecule has 2 aromatic rings. The van der Waals surface area contributed by atoms with Crippen molar-refractivity contribution in [3.05, 3.63) is 81.9 Å². The molecule has 0 nitrogen and oxygen atoms in total. The Balaban J connectivity index is 1.97. The summed E-state index contributed by atoms with van der Waals surface area (Å²) >= 11 is -3.11. The van der Waals surface area contributed by atoms with Gasteiger partial charge < -0.3 is 0 Å². The van der Waals surface area contributed by atoms with Gasteiger partial charge in [-0.25, -0.2) is 0 Å². The molecule has 0 amide bonds. The fourth-order valence-electron chi connectivity index (χ4n) is 4.82. The van der Waals surface area contributed by atoms with E-state index in [9.17, 15) is 0 Å². The van der Waals surface area contributed by atoms with Crippen molar-refractivity contribution in [3.8, 4) is 0 Å². The Morgan fingerprint density at radius 1 is 0.760 bits per heavy atom. The molecule has 0 spiro atoms. The first-order valence-corrected chi connectivity index (χ1v) is 21.2. The molecule has 0 saturated carbocycles. The molecule has 0 bridgehead atoms. The molecular weight excluding hydrogens is 419 g/mol. The van der Waals surface area contributed by atoms with Gasteiger partial charge in [0.05, 0.1) is 0 Å². The number of hydrogen-bond donors (Lipinski definition) is 0. The van der Waals surface area contributed by atoms with Crippen LogP contribution in [-0.4, -0.2) is 5.43 Å². The summed E-state index contributed by atoms with van der Waals surface area (Å²) in [6, 6.07) is 17.8. The molecule has 127 valence electrons. The molecule has 0 N–H and O–H groups in total. The fraction of sp³-hybridized carbons (Fsp3) is 0.273. The summed E-state index contributed by atoms with van der Waals surface area (Å²) in [6.45, 7) is 9.55. The predicted octanol–water partition coefficient (Wildman–Crippen LogP) is 6.86. The molecule has 2 atom stereocenters. The van der Waals surface area contributed by atoms with Crippen LogP contribution in [0.2, 0.25) is 13.1 Å². The van der Waals surface area contributed by atoms with Crippen molar-refractivity contribution in [1.29, 1.82) is 0 Å². The zero-order valence-corrected chi connectivity index (χ0v) is 19.5. The minimum atomic E-state index is -3.11. The number of hydrogen-bond acceptors (Lipinski definition) is 0. The van der Waals surface area contributed by atoms with Gasteiger partial charge in [-0.05, 0) is 0 Å². The van der Waals surface area contributed by atoms with Crippen LogP contribution in [-0.2, 0) is 17.7 Å². The average Bonchev–Trinajstić information content (AvgIpc) is 3.09. The summed E-state index contributed by atoms with van der Waals surface area (Å²) in [7, 11) is 7.91. The maximum atomic E-state index is 7.91. The van der Waals surface area contributed by atoms with Crippen LogP contribution in [0.4, 0.5) is 0 Å². The Morgan fingerprint density at radius 2 is 1.16 bits per heavy atom. The summed E-state index contributed by atoms with van der Waals surface area (Å²) < 4.78 is 0.992. The van der Waals surface area contributed by atoms with Crippen molar-refractivity contribution in [2.45, 2.75) is 34.2 Å². The van der Waals surface area contributed by atoms with Crippen LogP contribution in [0.25, 0.3) is 12.2 Å². The van der Waals surface area contributed by atoms with E-state index < -0.39 is 23.1 Å². The van der Waals surface area contributed by atoms with E-state index in [-0.39, 0.29) is 0 Å². The summed E-state index contributed by atoms with van der Waals surface area (Å²) in [6.07, 6.45) is 4.78. The number of benzene rings is 2. The number of halogens is 1. The maximum absolute atomic E-state index is 7.91. The molecule has 0 aliphatic heterocycles. The van der Waals surface area contributed by atoms with Gasteiger partial charge in [-0.15, -0.1) is 0 Å². The second-order valence-corrected chi connectivity index (χ2v) is 34.1. The number of rotatable bonds is 2. The topological polar surface area (TPSA) is 0 Å². The van der Waals surface area contributed by atoms with Gasteiger partial charge in [0.25, 0.3) is 0 Å². The second-order valence-electron chi connectivity index (χ2n) is 7.67. The van der Waals surface area contributed by atoms with Crippen LogP contribution in [0.3, 0.4) is 0 Å². The van der Waals surface area contributed by atoms with E-state index in [1.807, 2.05) is 0 Å². The summed E-state index contributed by atoms with van der Waals surface area (Å²) in [5.41, 5.74) is 8.17. The van der Waals surface area contributed by atoms with Crippen molar-refractivity contribution >= 4 is 26.1 Å². The molecule has 4 rings (SSSR count). The van der Waals surface area contributed by atoms with E-state index in [4.69, 9.17) is 8.51 Å². The third-order valence-corrected chi connectivity index (χ3v) is 39.3. The van der Waals surface area contributed by atoms with Crippen LogP contribution in [0.15, 0.2) is 59.7 Å². The van der Waals surface area contributed by atoms with Crippen LogP contribution < -0.4 is 0 Å². The fourth-order valence-corrected chi connectivity index (χ4v) is 30.5. The standard InChI is InChI=1S/2C10H9.C2H6Si.ClH.Zr/c2*1-8-6-9-4-2-3-5-10(9)7-8;1-3-2;;/h2*2-7H,1H3;1-2H3;1H;/q;;;;+1/p-1. The summed E-state index contributed by atoms with van der Waals surface area (Å²) in [5.74, 6) is 0. The molecule has 2 aromatic carbocycles. The van der Waals surface area contributed by atoms with Crippen LogP contribution in [0.5, 0.6) is 0 Å². The van der Waals surface area contributed by atoms with E-state index in [0.717, 1.165) is 0 Å².